The molecule has 0 saturated carbocycles. The van der Waals surface area contributed by atoms with E-state index in [-0.39, 0.29) is 11.7 Å². The van der Waals surface area contributed by atoms with Crippen molar-refractivity contribution in [3.05, 3.63) is 77.2 Å². The lowest BCUT2D eigenvalue weighted by molar-refractivity contribution is 0.0953. The average Bonchev–Trinajstić information content (AvgIpc) is 2.95. The molecule has 2 aromatic carbocycles. The zero-order chi connectivity index (χ0) is 20.2. The first-order valence-corrected chi connectivity index (χ1v) is 10.6. The molecule has 0 unspecified atom stereocenters. The number of aryl methyl sites for hydroxylation is 1. The van der Waals surface area contributed by atoms with E-state index in [1.807, 2.05) is 43.3 Å². The Morgan fingerprint density at radius 1 is 1.00 bits per heavy atom. The first-order valence-electron chi connectivity index (χ1n) is 10.6. The maximum atomic E-state index is 13.5. The number of benzene rings is 2. The minimum Gasteiger partial charge on any atom is -0.352 e. The number of carbonyl (C=O) groups excluding carboxylic acids is 1. The number of amides is 1. The van der Waals surface area contributed by atoms with Gasteiger partial charge in [0.2, 0.25) is 0 Å². The molecule has 4 rings (SSSR count). The van der Waals surface area contributed by atoms with Crippen LogP contribution in [0.2, 0.25) is 0 Å². The Kier molecular flexibility index (Phi) is 5.79. The number of hydrogen-bond donors (Lipinski definition) is 1. The summed E-state index contributed by atoms with van der Waals surface area (Å²) in [6.45, 7) is 2.72. The molecular weight excluding hydrogens is 363 g/mol. The molecule has 1 amide bonds. The van der Waals surface area contributed by atoms with Crippen LogP contribution in [0, 0.1) is 5.82 Å². The summed E-state index contributed by atoms with van der Waals surface area (Å²) in [7, 11) is 0. The molecule has 0 radical (unpaired) electrons. The van der Waals surface area contributed by atoms with Gasteiger partial charge in [0.15, 0.2) is 0 Å². The van der Waals surface area contributed by atoms with E-state index in [0.717, 1.165) is 36.2 Å². The molecule has 3 nitrogen and oxygen atoms in total. The molecule has 4 heteroatoms. The summed E-state index contributed by atoms with van der Waals surface area (Å²) < 4.78 is 15.8. The van der Waals surface area contributed by atoms with Gasteiger partial charge in [-0.1, -0.05) is 13.3 Å². The number of nitrogens with one attached hydrogen (secondary N) is 1. The maximum absolute atomic E-state index is 13.5. The van der Waals surface area contributed by atoms with E-state index in [2.05, 4.69) is 16.0 Å². The molecule has 0 fully saturated rings. The van der Waals surface area contributed by atoms with Crippen LogP contribution in [-0.4, -0.2) is 17.0 Å². The second-order valence-electron chi connectivity index (χ2n) is 7.71. The van der Waals surface area contributed by atoms with Gasteiger partial charge in [-0.3, -0.25) is 4.79 Å². The van der Waals surface area contributed by atoms with Crippen molar-refractivity contribution in [3.63, 3.8) is 0 Å². The highest BCUT2D eigenvalue weighted by Gasteiger charge is 2.19. The predicted octanol–water partition coefficient (Wildman–Crippen LogP) is 5.69. The summed E-state index contributed by atoms with van der Waals surface area (Å²) >= 11 is 0. The quantitative estimate of drug-likeness (QED) is 0.558. The maximum Gasteiger partial charge on any atom is 0.251 e. The fourth-order valence-corrected chi connectivity index (χ4v) is 4.11. The largest absolute Gasteiger partial charge is 0.352 e. The van der Waals surface area contributed by atoms with Gasteiger partial charge < -0.3 is 9.88 Å². The van der Waals surface area contributed by atoms with Crippen LogP contribution < -0.4 is 5.32 Å². The van der Waals surface area contributed by atoms with Crippen LogP contribution in [0.1, 0.15) is 54.2 Å². The minimum atomic E-state index is -0.226. The van der Waals surface area contributed by atoms with Crippen molar-refractivity contribution in [3.8, 4) is 16.9 Å². The Bertz CT molecular complexity index is 987. The van der Waals surface area contributed by atoms with Gasteiger partial charge in [0.25, 0.3) is 5.91 Å². The molecule has 150 valence electrons. The summed E-state index contributed by atoms with van der Waals surface area (Å²) in [6, 6.07) is 16.8. The second-order valence-corrected chi connectivity index (χ2v) is 7.71. The van der Waals surface area contributed by atoms with Crippen LogP contribution in [-0.2, 0) is 12.8 Å². The Hall–Kier alpha value is -2.88. The van der Waals surface area contributed by atoms with Crippen LogP contribution in [0.3, 0.4) is 0 Å². The lowest BCUT2D eigenvalue weighted by atomic mass is 10.1. The smallest absolute Gasteiger partial charge is 0.251 e. The Morgan fingerprint density at radius 3 is 2.45 bits per heavy atom. The zero-order valence-electron chi connectivity index (χ0n) is 16.9. The molecule has 1 aromatic heterocycles. The third kappa shape index (κ3) is 4.12. The van der Waals surface area contributed by atoms with Crippen molar-refractivity contribution < 1.29 is 9.18 Å². The summed E-state index contributed by atoms with van der Waals surface area (Å²) in [5.41, 5.74) is 6.52. The van der Waals surface area contributed by atoms with Crippen molar-refractivity contribution >= 4 is 5.91 Å². The average molecular weight is 391 g/mol. The molecule has 0 bridgehead atoms. The summed E-state index contributed by atoms with van der Waals surface area (Å²) in [5.74, 6) is -0.264. The van der Waals surface area contributed by atoms with Crippen LogP contribution in [0.5, 0.6) is 0 Å². The van der Waals surface area contributed by atoms with Gasteiger partial charge in [-0.25, -0.2) is 4.39 Å². The molecule has 0 saturated heterocycles. The van der Waals surface area contributed by atoms with Crippen molar-refractivity contribution in [2.75, 3.05) is 6.54 Å². The van der Waals surface area contributed by atoms with Gasteiger partial charge >= 0.3 is 0 Å². The summed E-state index contributed by atoms with van der Waals surface area (Å²) in [5, 5.41) is 2.92. The van der Waals surface area contributed by atoms with Gasteiger partial charge in [-0.15, -0.1) is 0 Å². The Morgan fingerprint density at radius 2 is 1.72 bits per heavy atom. The van der Waals surface area contributed by atoms with Gasteiger partial charge in [0.1, 0.15) is 5.82 Å². The predicted molar refractivity (Wildman–Crippen MR) is 115 cm³/mol. The van der Waals surface area contributed by atoms with E-state index >= 15 is 0 Å². The molecule has 3 aromatic rings. The van der Waals surface area contributed by atoms with Gasteiger partial charge in [0.05, 0.1) is 5.69 Å². The molecule has 0 spiro atoms. The Balaban J connectivity index is 1.76. The molecular formula is C25H27FN2O. The molecule has 0 aliphatic heterocycles. The highest BCUT2D eigenvalue weighted by molar-refractivity contribution is 5.94. The van der Waals surface area contributed by atoms with E-state index in [1.54, 1.807) is 0 Å². The Labute approximate surface area is 171 Å². The van der Waals surface area contributed by atoms with Crippen molar-refractivity contribution in [1.82, 2.24) is 9.88 Å². The van der Waals surface area contributed by atoms with E-state index in [4.69, 9.17) is 0 Å². The van der Waals surface area contributed by atoms with E-state index in [9.17, 15) is 9.18 Å². The fraction of sp³-hybridized carbons (Fsp3) is 0.320. The van der Waals surface area contributed by atoms with Gasteiger partial charge in [-0.2, -0.15) is 0 Å². The number of aromatic nitrogens is 1. The standard InChI is InChI=1S/C25H27FN2O/c1-2-16-27-25(29)19-10-14-22(15-11-19)28-23-7-5-3-4-6-20(23)17-24(28)18-8-12-21(26)13-9-18/h8-15,17H,2-7,16H2,1H3,(H,27,29). The normalized spacial score (nSPS) is 13.6. The van der Waals surface area contributed by atoms with Crippen LogP contribution in [0.15, 0.2) is 54.6 Å². The second kappa shape index (κ2) is 8.64. The topological polar surface area (TPSA) is 34.0 Å². The molecule has 29 heavy (non-hydrogen) atoms. The fourth-order valence-electron chi connectivity index (χ4n) is 4.11. The van der Waals surface area contributed by atoms with Crippen LogP contribution in [0.4, 0.5) is 4.39 Å². The third-order valence-corrected chi connectivity index (χ3v) is 5.62. The summed E-state index contributed by atoms with van der Waals surface area (Å²) in [4.78, 5) is 12.2. The minimum absolute atomic E-state index is 0.0384. The van der Waals surface area contributed by atoms with Crippen LogP contribution >= 0.6 is 0 Å². The highest BCUT2D eigenvalue weighted by Crippen LogP contribution is 2.33. The highest BCUT2D eigenvalue weighted by atomic mass is 19.1. The molecule has 1 aliphatic carbocycles. The van der Waals surface area contributed by atoms with E-state index < -0.39 is 0 Å². The number of carbonyl (C=O) groups is 1. The molecule has 1 heterocycles. The number of fused-ring (bicyclic) bond motifs is 1. The first-order chi connectivity index (χ1) is 14.2. The lowest BCUT2D eigenvalue weighted by Crippen LogP contribution is -2.23. The zero-order valence-corrected chi connectivity index (χ0v) is 16.9. The monoisotopic (exact) mass is 390 g/mol. The molecule has 0 atom stereocenters. The van der Waals surface area contributed by atoms with Crippen molar-refractivity contribution in [1.29, 1.82) is 0 Å². The number of nitrogens with zero attached hydrogens (tertiary/aromatic N) is 1. The number of hydrogen-bond acceptors (Lipinski definition) is 1. The number of halogens is 1. The van der Waals surface area contributed by atoms with E-state index in [1.165, 1.54) is 42.7 Å². The number of rotatable bonds is 5. The van der Waals surface area contributed by atoms with Crippen molar-refractivity contribution in [2.24, 2.45) is 0 Å². The molecule has 1 N–H and O–H groups in total. The van der Waals surface area contributed by atoms with Gasteiger partial charge in [0, 0.05) is 23.5 Å². The first kappa shape index (κ1) is 19.4. The van der Waals surface area contributed by atoms with E-state index in [0.29, 0.717) is 12.1 Å². The molecule has 1 aliphatic rings. The van der Waals surface area contributed by atoms with Crippen molar-refractivity contribution in [2.45, 2.75) is 45.4 Å². The third-order valence-electron chi connectivity index (χ3n) is 5.62. The van der Waals surface area contributed by atoms with Crippen LogP contribution in [0.25, 0.3) is 16.9 Å². The van der Waals surface area contributed by atoms with Gasteiger partial charge in [-0.05, 0) is 97.8 Å². The SMILES string of the molecule is CCCNC(=O)c1ccc(-n2c(-c3ccc(F)cc3)cc3c2CCCCC3)cc1. The summed E-state index contributed by atoms with van der Waals surface area (Å²) in [6.07, 6.45) is 6.66. The lowest BCUT2D eigenvalue weighted by Gasteiger charge is -2.15.